The van der Waals surface area contributed by atoms with Gasteiger partial charge in [0.15, 0.2) is 5.78 Å². The standard InChI is InChI=1S/C33H38N2O5/c1-21(36)35-28(32(39)40-2)15-30(37)26-10-6-7-11-27(26)34(20-22-8-4-3-5-9-22)31(38)29(35)19-33-16-23-12-24(17-33)14-25(13-23)18-33/h3-11,23-25,28-29H,12-20H2,1-2H3. The zero-order chi connectivity index (χ0) is 28.0. The normalized spacial score (nSPS) is 31.3. The molecule has 5 aliphatic rings. The van der Waals surface area contributed by atoms with E-state index in [9.17, 15) is 19.2 Å². The van der Waals surface area contributed by atoms with Gasteiger partial charge in [-0.3, -0.25) is 14.4 Å². The maximum absolute atomic E-state index is 14.9. The molecule has 0 aromatic heterocycles. The number of Topliss-reactive ketones (excluding diaryl/α,β-unsaturated/α-hetero) is 1. The molecular weight excluding hydrogens is 504 g/mol. The zero-order valence-corrected chi connectivity index (χ0v) is 23.4. The summed E-state index contributed by atoms with van der Waals surface area (Å²) in [6.45, 7) is 1.66. The van der Waals surface area contributed by atoms with E-state index in [1.807, 2.05) is 36.4 Å². The molecule has 7 nitrogen and oxygen atoms in total. The number of para-hydroxylation sites is 1. The molecule has 1 aliphatic heterocycles. The number of anilines is 1. The van der Waals surface area contributed by atoms with Gasteiger partial charge in [0.05, 0.1) is 19.3 Å². The van der Waals surface area contributed by atoms with Gasteiger partial charge in [-0.05, 0) is 85.8 Å². The monoisotopic (exact) mass is 542 g/mol. The van der Waals surface area contributed by atoms with Gasteiger partial charge in [0.2, 0.25) is 11.8 Å². The second kappa shape index (κ2) is 10.5. The summed E-state index contributed by atoms with van der Waals surface area (Å²) < 4.78 is 5.13. The number of hydrogen-bond acceptors (Lipinski definition) is 5. The fourth-order valence-electron chi connectivity index (χ4n) is 8.80. The minimum atomic E-state index is -1.16. The van der Waals surface area contributed by atoms with Crippen LogP contribution in [0.25, 0.3) is 0 Å². The van der Waals surface area contributed by atoms with Crippen LogP contribution >= 0.6 is 0 Å². The third kappa shape index (κ3) is 4.84. The van der Waals surface area contributed by atoms with Gasteiger partial charge in [-0.2, -0.15) is 0 Å². The summed E-state index contributed by atoms with van der Waals surface area (Å²) in [5, 5.41) is 0. The number of methoxy groups -OCH3 is 1. The average molecular weight is 543 g/mol. The van der Waals surface area contributed by atoms with Crippen molar-refractivity contribution in [3.63, 3.8) is 0 Å². The molecule has 2 amide bonds. The predicted molar refractivity (Wildman–Crippen MR) is 150 cm³/mol. The van der Waals surface area contributed by atoms with E-state index in [-0.39, 0.29) is 30.1 Å². The lowest BCUT2D eigenvalue weighted by Crippen LogP contribution is -2.59. The number of nitrogens with zero attached hydrogens (tertiary/aromatic N) is 2. The molecule has 0 N–H and O–H groups in total. The number of amides is 2. The van der Waals surface area contributed by atoms with Crippen LogP contribution in [0.1, 0.15) is 74.2 Å². The number of ketones is 1. The van der Waals surface area contributed by atoms with Crippen molar-refractivity contribution in [3.05, 3.63) is 65.7 Å². The van der Waals surface area contributed by atoms with Crippen molar-refractivity contribution in [2.45, 2.75) is 76.9 Å². The predicted octanol–water partition coefficient (Wildman–Crippen LogP) is 5.17. The number of ether oxygens (including phenoxy) is 1. The van der Waals surface area contributed by atoms with Crippen LogP contribution in [-0.2, 0) is 25.7 Å². The third-order valence-corrected chi connectivity index (χ3v) is 9.91. The second-order valence-corrected chi connectivity index (χ2v) is 12.7. The van der Waals surface area contributed by atoms with Gasteiger partial charge >= 0.3 is 5.97 Å². The molecule has 4 saturated carbocycles. The van der Waals surface area contributed by atoms with Crippen molar-refractivity contribution in [2.24, 2.45) is 23.2 Å². The summed E-state index contributed by atoms with van der Waals surface area (Å²) in [4.78, 5) is 58.3. The minimum absolute atomic E-state index is 0.0422. The van der Waals surface area contributed by atoms with Crippen LogP contribution in [0, 0.1) is 23.2 Å². The van der Waals surface area contributed by atoms with Crippen LogP contribution in [0.2, 0.25) is 0 Å². The summed E-state index contributed by atoms with van der Waals surface area (Å²) in [7, 11) is 1.27. The molecule has 2 atom stereocenters. The van der Waals surface area contributed by atoms with Crippen LogP contribution in [0.5, 0.6) is 0 Å². The quantitative estimate of drug-likeness (QED) is 0.487. The van der Waals surface area contributed by atoms with Crippen LogP contribution in [0.4, 0.5) is 5.69 Å². The Kier molecular flexibility index (Phi) is 7.01. The maximum atomic E-state index is 14.9. The lowest BCUT2D eigenvalue weighted by atomic mass is 9.48. The van der Waals surface area contributed by atoms with Crippen molar-refractivity contribution < 1.29 is 23.9 Å². The van der Waals surface area contributed by atoms with Crippen molar-refractivity contribution in [1.82, 2.24) is 4.90 Å². The molecule has 0 spiro atoms. The number of carbonyl (C=O) groups is 4. The van der Waals surface area contributed by atoms with Crippen LogP contribution in [-0.4, -0.2) is 47.7 Å². The summed E-state index contributed by atoms with van der Waals surface area (Å²) in [5.74, 6) is 0.412. The van der Waals surface area contributed by atoms with Crippen molar-refractivity contribution in [1.29, 1.82) is 0 Å². The van der Waals surface area contributed by atoms with Gasteiger partial charge < -0.3 is 14.5 Å². The minimum Gasteiger partial charge on any atom is -0.467 e. The molecule has 1 heterocycles. The SMILES string of the molecule is COC(=O)C1CC(=O)c2ccccc2N(Cc2ccccc2)C(=O)C(CC23CC4CC(CC(C4)C2)C3)N1C(C)=O. The molecule has 4 fully saturated rings. The Morgan fingerprint density at radius 3 is 2.10 bits per heavy atom. The zero-order valence-electron chi connectivity index (χ0n) is 23.4. The largest absolute Gasteiger partial charge is 0.467 e. The summed E-state index contributed by atoms with van der Waals surface area (Å²) in [5.41, 5.74) is 1.77. The Balaban J connectivity index is 1.49. The highest BCUT2D eigenvalue weighted by molar-refractivity contribution is 6.10. The average Bonchev–Trinajstić information content (AvgIpc) is 2.96. The van der Waals surface area contributed by atoms with E-state index in [1.165, 1.54) is 38.2 Å². The van der Waals surface area contributed by atoms with Crippen LogP contribution < -0.4 is 4.90 Å². The van der Waals surface area contributed by atoms with E-state index in [0.717, 1.165) is 24.8 Å². The Morgan fingerprint density at radius 1 is 0.900 bits per heavy atom. The molecule has 2 unspecified atom stereocenters. The lowest BCUT2D eigenvalue weighted by molar-refractivity contribution is -0.158. The highest BCUT2D eigenvalue weighted by atomic mass is 16.5. The molecule has 0 radical (unpaired) electrons. The molecule has 2 aromatic carbocycles. The van der Waals surface area contributed by atoms with Crippen molar-refractivity contribution in [3.8, 4) is 0 Å². The first kappa shape index (κ1) is 26.7. The van der Waals surface area contributed by atoms with Gasteiger partial charge in [0.25, 0.3) is 0 Å². The van der Waals surface area contributed by atoms with Crippen molar-refractivity contribution in [2.75, 3.05) is 12.0 Å². The molecule has 0 saturated heterocycles. The fraction of sp³-hybridized carbons (Fsp3) is 0.515. The van der Waals surface area contributed by atoms with Gasteiger partial charge in [-0.1, -0.05) is 42.5 Å². The Labute approximate surface area is 235 Å². The van der Waals surface area contributed by atoms with Crippen LogP contribution in [0.15, 0.2) is 54.6 Å². The first-order valence-electron chi connectivity index (χ1n) is 14.6. The van der Waals surface area contributed by atoms with E-state index in [1.54, 1.807) is 23.1 Å². The van der Waals surface area contributed by atoms with Gasteiger partial charge in [-0.15, -0.1) is 0 Å². The van der Waals surface area contributed by atoms with E-state index >= 15 is 0 Å². The smallest absolute Gasteiger partial charge is 0.329 e. The topological polar surface area (TPSA) is 84.0 Å². The molecule has 2 aromatic rings. The highest BCUT2D eigenvalue weighted by Gasteiger charge is 2.54. The van der Waals surface area contributed by atoms with E-state index in [0.29, 0.717) is 35.4 Å². The van der Waals surface area contributed by atoms with Crippen molar-refractivity contribution >= 4 is 29.3 Å². The van der Waals surface area contributed by atoms with E-state index < -0.39 is 24.0 Å². The lowest BCUT2D eigenvalue weighted by Gasteiger charge is -2.58. The number of hydrogen-bond donors (Lipinski definition) is 0. The molecule has 7 heteroatoms. The van der Waals surface area contributed by atoms with Gasteiger partial charge in [-0.25, -0.2) is 4.79 Å². The first-order valence-corrected chi connectivity index (χ1v) is 14.6. The number of rotatable bonds is 5. The number of benzene rings is 2. The molecule has 7 rings (SSSR count). The Bertz CT molecular complexity index is 1290. The van der Waals surface area contributed by atoms with E-state index in [2.05, 4.69) is 0 Å². The summed E-state index contributed by atoms with van der Waals surface area (Å²) >= 11 is 0. The van der Waals surface area contributed by atoms with Crippen LogP contribution in [0.3, 0.4) is 0 Å². The third-order valence-electron chi connectivity index (χ3n) is 9.91. The summed E-state index contributed by atoms with van der Waals surface area (Å²) in [6, 6.07) is 14.7. The first-order chi connectivity index (χ1) is 19.3. The van der Waals surface area contributed by atoms with Gasteiger partial charge in [0.1, 0.15) is 12.1 Å². The highest BCUT2D eigenvalue weighted by Crippen LogP contribution is 2.62. The molecule has 210 valence electrons. The number of fused-ring (bicyclic) bond motifs is 1. The molecule has 40 heavy (non-hydrogen) atoms. The number of carbonyl (C=O) groups excluding carboxylic acids is 4. The second-order valence-electron chi connectivity index (χ2n) is 12.7. The number of esters is 1. The maximum Gasteiger partial charge on any atom is 0.329 e. The van der Waals surface area contributed by atoms with Gasteiger partial charge in [0, 0.05) is 18.9 Å². The molecule has 4 bridgehead atoms. The molecular formula is C33H38N2O5. The fourth-order valence-corrected chi connectivity index (χ4v) is 8.80. The van der Waals surface area contributed by atoms with E-state index in [4.69, 9.17) is 4.74 Å². The Hall–Kier alpha value is -3.48. The Morgan fingerprint density at radius 2 is 1.50 bits per heavy atom. The summed E-state index contributed by atoms with van der Waals surface area (Å²) in [6.07, 6.45) is 7.25. The molecule has 4 aliphatic carbocycles.